The SMILES string of the molecule is CC(NC(=O)/C=C/c1ccc(OC(F)F)cc1)c1ccc(F)cc1. The van der Waals surface area contributed by atoms with Gasteiger partial charge in [-0.3, -0.25) is 4.79 Å². The minimum atomic E-state index is -2.87. The number of carbonyl (C=O) groups excluding carboxylic acids is 1. The minimum Gasteiger partial charge on any atom is -0.435 e. The van der Waals surface area contributed by atoms with Gasteiger partial charge < -0.3 is 10.1 Å². The van der Waals surface area contributed by atoms with Gasteiger partial charge in [0, 0.05) is 6.08 Å². The summed E-state index contributed by atoms with van der Waals surface area (Å²) in [7, 11) is 0. The molecule has 0 saturated carbocycles. The van der Waals surface area contributed by atoms with E-state index in [0.29, 0.717) is 5.56 Å². The molecule has 0 saturated heterocycles. The lowest BCUT2D eigenvalue weighted by Gasteiger charge is -2.12. The molecule has 2 rings (SSSR count). The largest absolute Gasteiger partial charge is 0.435 e. The maximum Gasteiger partial charge on any atom is 0.387 e. The Morgan fingerprint density at radius 1 is 1.08 bits per heavy atom. The Hall–Kier alpha value is -2.76. The van der Waals surface area contributed by atoms with Crippen LogP contribution in [0.15, 0.2) is 54.6 Å². The van der Waals surface area contributed by atoms with Crippen LogP contribution in [-0.2, 0) is 4.79 Å². The van der Waals surface area contributed by atoms with Gasteiger partial charge in [-0.1, -0.05) is 24.3 Å². The van der Waals surface area contributed by atoms with E-state index in [1.807, 2.05) is 0 Å². The highest BCUT2D eigenvalue weighted by atomic mass is 19.3. The van der Waals surface area contributed by atoms with Crippen LogP contribution < -0.4 is 10.1 Å². The van der Waals surface area contributed by atoms with Crippen LogP contribution in [0.5, 0.6) is 5.75 Å². The van der Waals surface area contributed by atoms with Gasteiger partial charge in [0.2, 0.25) is 5.91 Å². The summed E-state index contributed by atoms with van der Waals surface area (Å²) in [5.41, 5.74) is 1.45. The standard InChI is InChI=1S/C18H16F3NO2/c1-12(14-5-7-15(19)8-6-14)22-17(23)11-4-13-2-9-16(10-3-13)24-18(20)21/h2-12,18H,1H3,(H,22,23)/b11-4+. The predicted octanol–water partition coefficient (Wildman–Crippen LogP) is 4.32. The molecule has 1 atom stereocenters. The number of nitrogens with one attached hydrogen (secondary N) is 1. The molecule has 0 fully saturated rings. The minimum absolute atomic E-state index is 0.0523. The summed E-state index contributed by atoms with van der Waals surface area (Å²) in [5, 5.41) is 2.75. The number of hydrogen-bond acceptors (Lipinski definition) is 2. The molecule has 0 aliphatic carbocycles. The van der Waals surface area contributed by atoms with E-state index in [1.165, 1.54) is 30.3 Å². The summed E-state index contributed by atoms with van der Waals surface area (Å²) in [6.45, 7) is -1.08. The highest BCUT2D eigenvalue weighted by Gasteiger charge is 2.07. The molecule has 0 aromatic heterocycles. The predicted molar refractivity (Wildman–Crippen MR) is 85.1 cm³/mol. The number of amides is 1. The molecule has 2 aromatic carbocycles. The van der Waals surface area contributed by atoms with Crippen molar-refractivity contribution in [2.45, 2.75) is 19.6 Å². The molecule has 24 heavy (non-hydrogen) atoms. The summed E-state index contributed by atoms with van der Waals surface area (Å²) in [5.74, 6) is -0.604. The van der Waals surface area contributed by atoms with Gasteiger partial charge in [-0.25, -0.2) is 4.39 Å². The van der Waals surface area contributed by atoms with E-state index < -0.39 is 6.61 Å². The molecule has 2 aromatic rings. The fourth-order valence-corrected chi connectivity index (χ4v) is 2.03. The van der Waals surface area contributed by atoms with Crippen molar-refractivity contribution in [1.29, 1.82) is 0 Å². The van der Waals surface area contributed by atoms with Crippen LogP contribution in [0.1, 0.15) is 24.1 Å². The van der Waals surface area contributed by atoms with E-state index in [2.05, 4.69) is 10.1 Å². The number of halogens is 3. The fourth-order valence-electron chi connectivity index (χ4n) is 2.03. The topological polar surface area (TPSA) is 38.3 Å². The van der Waals surface area contributed by atoms with E-state index in [0.717, 1.165) is 5.56 Å². The highest BCUT2D eigenvalue weighted by Crippen LogP contribution is 2.16. The first kappa shape index (κ1) is 17.6. The number of benzene rings is 2. The summed E-state index contributed by atoms with van der Waals surface area (Å²) in [6.07, 6.45) is 2.89. The lowest BCUT2D eigenvalue weighted by Crippen LogP contribution is -2.24. The first-order valence-electron chi connectivity index (χ1n) is 7.23. The van der Waals surface area contributed by atoms with Gasteiger partial charge in [0.1, 0.15) is 11.6 Å². The molecule has 126 valence electrons. The summed E-state index contributed by atoms with van der Waals surface area (Å²) >= 11 is 0. The third-order valence-corrected chi connectivity index (χ3v) is 3.26. The van der Waals surface area contributed by atoms with Crippen LogP contribution >= 0.6 is 0 Å². The maximum absolute atomic E-state index is 12.9. The fraction of sp³-hybridized carbons (Fsp3) is 0.167. The van der Waals surface area contributed by atoms with Gasteiger partial charge in [-0.2, -0.15) is 8.78 Å². The molecule has 1 amide bonds. The second-order valence-corrected chi connectivity index (χ2v) is 5.06. The molecular weight excluding hydrogens is 319 g/mol. The van der Waals surface area contributed by atoms with E-state index in [9.17, 15) is 18.0 Å². The quantitative estimate of drug-likeness (QED) is 0.799. The number of carbonyl (C=O) groups is 1. The van der Waals surface area contributed by atoms with Crippen LogP contribution in [0.2, 0.25) is 0 Å². The molecule has 0 bridgehead atoms. The molecule has 0 spiro atoms. The van der Waals surface area contributed by atoms with E-state index in [-0.39, 0.29) is 23.5 Å². The normalized spacial score (nSPS) is 12.4. The Bertz CT molecular complexity index is 697. The van der Waals surface area contributed by atoms with Crippen LogP contribution in [0.3, 0.4) is 0 Å². The van der Waals surface area contributed by atoms with Gasteiger partial charge in [0.15, 0.2) is 0 Å². The van der Waals surface area contributed by atoms with Crippen molar-refractivity contribution in [1.82, 2.24) is 5.32 Å². The van der Waals surface area contributed by atoms with Gasteiger partial charge in [0.25, 0.3) is 0 Å². The number of alkyl halides is 2. The zero-order valence-corrected chi connectivity index (χ0v) is 12.9. The van der Waals surface area contributed by atoms with Gasteiger partial charge in [-0.05, 0) is 48.4 Å². The molecule has 6 heteroatoms. The molecule has 0 radical (unpaired) electrons. The van der Waals surface area contributed by atoms with Crippen LogP contribution in [0.4, 0.5) is 13.2 Å². The van der Waals surface area contributed by atoms with Gasteiger partial charge in [-0.15, -0.1) is 0 Å². The van der Waals surface area contributed by atoms with Gasteiger partial charge >= 0.3 is 6.61 Å². The third-order valence-electron chi connectivity index (χ3n) is 3.26. The third kappa shape index (κ3) is 5.46. The molecule has 0 heterocycles. The van der Waals surface area contributed by atoms with E-state index in [4.69, 9.17) is 0 Å². The van der Waals surface area contributed by atoms with Crippen molar-refractivity contribution in [2.75, 3.05) is 0 Å². The molecule has 0 aliphatic heterocycles. The van der Waals surface area contributed by atoms with E-state index in [1.54, 1.807) is 37.3 Å². The van der Waals surface area contributed by atoms with Crippen molar-refractivity contribution in [3.8, 4) is 5.75 Å². The van der Waals surface area contributed by atoms with Crippen LogP contribution in [0, 0.1) is 5.82 Å². The second kappa shape index (κ2) is 8.19. The zero-order valence-electron chi connectivity index (χ0n) is 12.9. The van der Waals surface area contributed by atoms with Crippen molar-refractivity contribution >= 4 is 12.0 Å². The first-order chi connectivity index (χ1) is 11.4. The number of hydrogen-bond donors (Lipinski definition) is 1. The smallest absolute Gasteiger partial charge is 0.387 e. The summed E-state index contributed by atoms with van der Waals surface area (Å²) < 4.78 is 41.2. The first-order valence-corrected chi connectivity index (χ1v) is 7.23. The van der Waals surface area contributed by atoms with Crippen LogP contribution in [0.25, 0.3) is 6.08 Å². The number of ether oxygens (including phenoxy) is 1. The Balaban J connectivity index is 1.91. The Kier molecular flexibility index (Phi) is 6.01. The molecule has 0 aliphatic rings. The lowest BCUT2D eigenvalue weighted by atomic mass is 10.1. The molecule has 3 nitrogen and oxygen atoms in total. The maximum atomic E-state index is 12.9. The van der Waals surface area contributed by atoms with Crippen LogP contribution in [-0.4, -0.2) is 12.5 Å². The zero-order chi connectivity index (χ0) is 17.5. The monoisotopic (exact) mass is 335 g/mol. The lowest BCUT2D eigenvalue weighted by molar-refractivity contribution is -0.117. The number of rotatable bonds is 6. The molecule has 1 unspecified atom stereocenters. The Morgan fingerprint density at radius 3 is 2.29 bits per heavy atom. The van der Waals surface area contributed by atoms with Crippen molar-refractivity contribution in [2.24, 2.45) is 0 Å². The molecule has 1 N–H and O–H groups in total. The summed E-state index contributed by atoms with van der Waals surface area (Å²) in [4.78, 5) is 11.9. The average molecular weight is 335 g/mol. The second-order valence-electron chi connectivity index (χ2n) is 5.06. The molecular formula is C18H16F3NO2. The highest BCUT2D eigenvalue weighted by molar-refractivity contribution is 5.91. The van der Waals surface area contributed by atoms with Crippen molar-refractivity contribution in [3.63, 3.8) is 0 Å². The van der Waals surface area contributed by atoms with Gasteiger partial charge in [0.05, 0.1) is 6.04 Å². The van der Waals surface area contributed by atoms with Crippen molar-refractivity contribution < 1.29 is 22.7 Å². The van der Waals surface area contributed by atoms with Crippen molar-refractivity contribution in [3.05, 3.63) is 71.6 Å². The van der Waals surface area contributed by atoms with E-state index >= 15 is 0 Å². The summed E-state index contributed by atoms with van der Waals surface area (Å²) in [6, 6.07) is 11.5. The Labute approximate surface area is 137 Å². The Morgan fingerprint density at radius 2 is 1.71 bits per heavy atom. The average Bonchev–Trinajstić information content (AvgIpc) is 2.54.